The molecule has 0 unspecified atom stereocenters. The Balaban J connectivity index is 2.43. The summed E-state index contributed by atoms with van der Waals surface area (Å²) in [5.74, 6) is -0.715. The minimum atomic E-state index is -0.715. The number of benzene rings is 1. The van der Waals surface area contributed by atoms with Gasteiger partial charge in [0.05, 0.1) is 5.41 Å². The maximum Gasteiger partial charge on any atom is 0.310 e. The van der Waals surface area contributed by atoms with Crippen LogP contribution in [-0.2, 0) is 11.2 Å². The Morgan fingerprint density at radius 2 is 2.05 bits per heavy atom. The number of aliphatic carboxylic acids is 1. The molecular weight excluding hydrogens is 262 g/mol. The topological polar surface area (TPSA) is 49.3 Å². The average Bonchev–Trinajstić information content (AvgIpc) is 2.39. The number of rotatable bonds is 8. The second-order valence-electron chi connectivity index (χ2n) is 4.85. The lowest BCUT2D eigenvalue weighted by Crippen LogP contribution is -2.40. The van der Waals surface area contributed by atoms with Crippen molar-refractivity contribution in [1.29, 1.82) is 0 Å². The van der Waals surface area contributed by atoms with Crippen molar-refractivity contribution in [3.8, 4) is 0 Å². The van der Waals surface area contributed by atoms with Crippen LogP contribution in [0.3, 0.4) is 0 Å². The Labute approximate surface area is 120 Å². The SMILES string of the molecule is CCC(CC)(CNCCc1cccc(Cl)c1)C(=O)O. The smallest absolute Gasteiger partial charge is 0.310 e. The summed E-state index contributed by atoms with van der Waals surface area (Å²) in [5.41, 5.74) is 0.517. The number of nitrogens with one attached hydrogen (secondary N) is 1. The predicted octanol–water partition coefficient (Wildman–Crippen LogP) is 3.36. The van der Waals surface area contributed by atoms with Crippen LogP contribution < -0.4 is 5.32 Å². The summed E-state index contributed by atoms with van der Waals surface area (Å²) in [6.07, 6.45) is 2.13. The molecule has 2 N–H and O–H groups in total. The quantitative estimate of drug-likeness (QED) is 0.719. The number of carboxylic acid groups (broad SMARTS) is 1. The third-order valence-electron chi connectivity index (χ3n) is 3.75. The van der Waals surface area contributed by atoms with Crippen molar-refractivity contribution >= 4 is 17.6 Å². The maximum atomic E-state index is 11.3. The van der Waals surface area contributed by atoms with Gasteiger partial charge < -0.3 is 10.4 Å². The summed E-state index contributed by atoms with van der Waals surface area (Å²) in [5, 5.41) is 13.3. The molecule has 0 aliphatic heterocycles. The van der Waals surface area contributed by atoms with Gasteiger partial charge in [0.25, 0.3) is 0 Å². The molecule has 0 atom stereocenters. The molecule has 19 heavy (non-hydrogen) atoms. The lowest BCUT2D eigenvalue weighted by atomic mass is 9.82. The van der Waals surface area contributed by atoms with E-state index in [-0.39, 0.29) is 0 Å². The van der Waals surface area contributed by atoms with Crippen LogP contribution in [0.5, 0.6) is 0 Å². The monoisotopic (exact) mass is 283 g/mol. The molecule has 0 amide bonds. The average molecular weight is 284 g/mol. The van der Waals surface area contributed by atoms with Crippen molar-refractivity contribution in [1.82, 2.24) is 5.32 Å². The van der Waals surface area contributed by atoms with Crippen LogP contribution in [0, 0.1) is 5.41 Å². The lowest BCUT2D eigenvalue weighted by Gasteiger charge is -2.27. The van der Waals surface area contributed by atoms with E-state index in [9.17, 15) is 9.90 Å². The minimum Gasteiger partial charge on any atom is -0.481 e. The highest BCUT2D eigenvalue weighted by molar-refractivity contribution is 6.30. The molecule has 0 heterocycles. The second kappa shape index (κ2) is 7.51. The first-order chi connectivity index (χ1) is 9.04. The predicted molar refractivity (Wildman–Crippen MR) is 78.7 cm³/mol. The number of carboxylic acids is 1. The molecule has 4 heteroatoms. The first-order valence-corrected chi connectivity index (χ1v) is 7.10. The number of halogens is 1. The molecule has 0 aromatic heterocycles. The van der Waals surface area contributed by atoms with Gasteiger partial charge in [0.15, 0.2) is 0 Å². The fraction of sp³-hybridized carbons (Fsp3) is 0.533. The standard InChI is InChI=1S/C15H22ClNO2/c1-3-15(4-2,14(18)19)11-17-9-8-12-6-5-7-13(16)10-12/h5-7,10,17H,3-4,8-9,11H2,1-2H3,(H,18,19). The van der Waals surface area contributed by atoms with Gasteiger partial charge in [0, 0.05) is 11.6 Å². The van der Waals surface area contributed by atoms with Crippen molar-refractivity contribution in [2.45, 2.75) is 33.1 Å². The van der Waals surface area contributed by atoms with Gasteiger partial charge in [0.2, 0.25) is 0 Å². The Bertz CT molecular complexity index is 416. The molecule has 0 saturated heterocycles. The number of carbonyl (C=O) groups is 1. The van der Waals surface area contributed by atoms with Gasteiger partial charge in [-0.25, -0.2) is 0 Å². The van der Waals surface area contributed by atoms with Gasteiger partial charge in [-0.05, 0) is 43.5 Å². The maximum absolute atomic E-state index is 11.3. The van der Waals surface area contributed by atoms with Crippen molar-refractivity contribution in [3.63, 3.8) is 0 Å². The van der Waals surface area contributed by atoms with Crippen molar-refractivity contribution in [2.24, 2.45) is 5.41 Å². The molecule has 0 radical (unpaired) electrons. The molecule has 1 aromatic carbocycles. The van der Waals surface area contributed by atoms with Crippen LogP contribution in [0.15, 0.2) is 24.3 Å². The van der Waals surface area contributed by atoms with E-state index in [4.69, 9.17) is 11.6 Å². The van der Waals surface area contributed by atoms with Crippen LogP contribution >= 0.6 is 11.6 Å². The largest absolute Gasteiger partial charge is 0.481 e. The van der Waals surface area contributed by atoms with Crippen LogP contribution in [0.1, 0.15) is 32.3 Å². The zero-order valence-electron chi connectivity index (χ0n) is 11.6. The summed E-state index contributed by atoms with van der Waals surface area (Å²) in [6.45, 7) is 5.12. The van der Waals surface area contributed by atoms with E-state index < -0.39 is 11.4 Å². The number of hydrogen-bond donors (Lipinski definition) is 2. The summed E-state index contributed by atoms with van der Waals surface area (Å²) in [4.78, 5) is 11.3. The van der Waals surface area contributed by atoms with Crippen molar-refractivity contribution in [2.75, 3.05) is 13.1 Å². The summed E-state index contributed by atoms with van der Waals surface area (Å²) in [7, 11) is 0. The molecule has 0 aliphatic rings. The van der Waals surface area contributed by atoms with E-state index in [0.717, 1.165) is 23.6 Å². The van der Waals surface area contributed by atoms with E-state index in [1.165, 1.54) is 0 Å². The first-order valence-electron chi connectivity index (χ1n) is 6.72. The first kappa shape index (κ1) is 16.0. The molecule has 106 valence electrons. The van der Waals surface area contributed by atoms with Crippen LogP contribution in [-0.4, -0.2) is 24.2 Å². The highest BCUT2D eigenvalue weighted by Gasteiger charge is 2.34. The van der Waals surface area contributed by atoms with Gasteiger partial charge in [-0.3, -0.25) is 4.79 Å². The van der Waals surface area contributed by atoms with Crippen LogP contribution in [0.2, 0.25) is 5.02 Å². The van der Waals surface area contributed by atoms with Crippen LogP contribution in [0.25, 0.3) is 0 Å². The van der Waals surface area contributed by atoms with E-state index in [1.54, 1.807) is 0 Å². The highest BCUT2D eigenvalue weighted by Crippen LogP contribution is 2.25. The van der Waals surface area contributed by atoms with Gasteiger partial charge in [-0.2, -0.15) is 0 Å². The molecule has 1 aromatic rings. The minimum absolute atomic E-state index is 0.510. The van der Waals surface area contributed by atoms with Crippen molar-refractivity contribution in [3.05, 3.63) is 34.9 Å². The zero-order valence-corrected chi connectivity index (χ0v) is 12.3. The van der Waals surface area contributed by atoms with Crippen LogP contribution in [0.4, 0.5) is 0 Å². The number of hydrogen-bond acceptors (Lipinski definition) is 2. The Morgan fingerprint density at radius 1 is 1.37 bits per heavy atom. The molecule has 0 bridgehead atoms. The van der Waals surface area contributed by atoms with E-state index in [1.807, 2.05) is 38.1 Å². The molecule has 1 rings (SSSR count). The molecular formula is C15H22ClNO2. The van der Waals surface area contributed by atoms with Gasteiger partial charge in [0.1, 0.15) is 0 Å². The normalized spacial score (nSPS) is 11.5. The second-order valence-corrected chi connectivity index (χ2v) is 5.29. The van der Waals surface area contributed by atoms with E-state index in [0.29, 0.717) is 19.4 Å². The molecule has 0 spiro atoms. The Morgan fingerprint density at radius 3 is 2.58 bits per heavy atom. The fourth-order valence-corrected chi connectivity index (χ4v) is 2.34. The zero-order chi connectivity index (χ0) is 14.3. The lowest BCUT2D eigenvalue weighted by molar-refractivity contribution is -0.149. The third-order valence-corrected chi connectivity index (χ3v) is 3.99. The molecule has 0 fully saturated rings. The molecule has 0 aliphatic carbocycles. The van der Waals surface area contributed by atoms with E-state index >= 15 is 0 Å². The fourth-order valence-electron chi connectivity index (χ4n) is 2.13. The summed E-state index contributed by atoms with van der Waals surface area (Å²) >= 11 is 5.92. The molecule has 3 nitrogen and oxygen atoms in total. The van der Waals surface area contributed by atoms with Gasteiger partial charge in [-0.1, -0.05) is 37.6 Å². The third kappa shape index (κ3) is 4.51. The van der Waals surface area contributed by atoms with Gasteiger partial charge >= 0.3 is 5.97 Å². The van der Waals surface area contributed by atoms with Gasteiger partial charge in [-0.15, -0.1) is 0 Å². The van der Waals surface area contributed by atoms with Crippen molar-refractivity contribution < 1.29 is 9.90 Å². The summed E-state index contributed by atoms with van der Waals surface area (Å²) in [6, 6.07) is 7.74. The Hall–Kier alpha value is -1.06. The molecule has 0 saturated carbocycles. The highest BCUT2D eigenvalue weighted by atomic mass is 35.5. The summed E-state index contributed by atoms with van der Waals surface area (Å²) < 4.78 is 0. The Kier molecular flexibility index (Phi) is 6.32. The van der Waals surface area contributed by atoms with E-state index in [2.05, 4.69) is 5.32 Å².